The molecule has 1 aromatic carbocycles. The van der Waals surface area contributed by atoms with Crippen molar-refractivity contribution in [2.24, 2.45) is 11.8 Å². The lowest BCUT2D eigenvalue weighted by molar-refractivity contribution is 0.0830. The Morgan fingerprint density at radius 1 is 1.10 bits per heavy atom. The zero-order chi connectivity index (χ0) is 14.4. The molecule has 3 heterocycles. The summed E-state index contributed by atoms with van der Waals surface area (Å²) in [6, 6.07) is 11.3. The summed E-state index contributed by atoms with van der Waals surface area (Å²) in [5.74, 6) is 2.76. The van der Waals surface area contributed by atoms with Gasteiger partial charge in [-0.3, -0.25) is 4.90 Å². The monoisotopic (exact) mass is 283 g/mol. The van der Waals surface area contributed by atoms with Crippen molar-refractivity contribution in [2.45, 2.75) is 70.4 Å². The molecule has 0 amide bonds. The van der Waals surface area contributed by atoms with Crippen molar-refractivity contribution in [2.75, 3.05) is 6.54 Å². The highest BCUT2D eigenvalue weighted by Crippen LogP contribution is 2.54. The van der Waals surface area contributed by atoms with Gasteiger partial charge in [-0.2, -0.15) is 0 Å². The van der Waals surface area contributed by atoms with E-state index in [1.54, 1.807) is 5.56 Å². The lowest BCUT2D eigenvalue weighted by Crippen LogP contribution is -2.46. The van der Waals surface area contributed by atoms with Gasteiger partial charge < -0.3 is 0 Å². The van der Waals surface area contributed by atoms with E-state index in [1.807, 2.05) is 0 Å². The van der Waals surface area contributed by atoms with Crippen LogP contribution in [0.1, 0.15) is 62.5 Å². The molecular formula is C20H29N. The van der Waals surface area contributed by atoms with E-state index in [0.29, 0.717) is 0 Å². The Hall–Kier alpha value is -0.820. The number of piperidine rings is 2. The third kappa shape index (κ3) is 2.25. The van der Waals surface area contributed by atoms with Gasteiger partial charge in [0.1, 0.15) is 0 Å². The normalized spacial score (nSPS) is 40.7. The number of benzene rings is 1. The van der Waals surface area contributed by atoms with Crippen molar-refractivity contribution in [3.05, 3.63) is 35.4 Å². The van der Waals surface area contributed by atoms with Gasteiger partial charge in [0, 0.05) is 12.1 Å². The Balaban J connectivity index is 1.63. The molecule has 0 N–H and O–H groups in total. The van der Waals surface area contributed by atoms with Crippen molar-refractivity contribution in [1.29, 1.82) is 0 Å². The van der Waals surface area contributed by atoms with Crippen LogP contribution in [0.3, 0.4) is 0 Å². The molecule has 1 aromatic rings. The number of unbranched alkanes of at least 4 members (excludes halogenated alkanes) is 1. The maximum Gasteiger partial charge on any atom is 0.0136 e. The third-order valence-corrected chi connectivity index (χ3v) is 6.60. The maximum atomic E-state index is 2.90. The van der Waals surface area contributed by atoms with Gasteiger partial charge in [-0.25, -0.2) is 0 Å². The smallest absolute Gasteiger partial charge is 0.0136 e. The molecule has 1 nitrogen and oxygen atoms in total. The number of nitrogens with zero attached hydrogens (tertiary/aromatic N) is 1. The minimum atomic E-state index is 0.825. The summed E-state index contributed by atoms with van der Waals surface area (Å²) in [7, 11) is 0. The van der Waals surface area contributed by atoms with Gasteiger partial charge in [-0.05, 0) is 62.5 Å². The van der Waals surface area contributed by atoms with Gasteiger partial charge in [-0.1, -0.05) is 49.6 Å². The second-order valence-corrected chi connectivity index (χ2v) is 7.72. The average molecular weight is 283 g/mol. The van der Waals surface area contributed by atoms with E-state index in [0.717, 1.165) is 29.8 Å². The topological polar surface area (TPSA) is 3.24 Å². The molecule has 2 unspecified atom stereocenters. The van der Waals surface area contributed by atoms with Crippen LogP contribution in [0.5, 0.6) is 0 Å². The first-order valence-corrected chi connectivity index (χ1v) is 9.10. The van der Waals surface area contributed by atoms with Crippen molar-refractivity contribution in [1.82, 2.24) is 4.90 Å². The first-order valence-electron chi connectivity index (χ1n) is 9.10. The quantitative estimate of drug-likeness (QED) is 0.770. The summed E-state index contributed by atoms with van der Waals surface area (Å²) in [6.07, 6.45) is 8.60. The predicted molar refractivity (Wildman–Crippen MR) is 88.6 cm³/mol. The van der Waals surface area contributed by atoms with E-state index >= 15 is 0 Å². The van der Waals surface area contributed by atoms with Gasteiger partial charge in [0.25, 0.3) is 0 Å². The van der Waals surface area contributed by atoms with E-state index < -0.39 is 0 Å². The lowest BCUT2D eigenvalue weighted by Gasteiger charge is -2.44. The zero-order valence-corrected chi connectivity index (χ0v) is 13.6. The molecule has 21 heavy (non-hydrogen) atoms. The van der Waals surface area contributed by atoms with Crippen LogP contribution in [-0.2, 0) is 0 Å². The van der Waals surface area contributed by atoms with Crippen LogP contribution < -0.4 is 0 Å². The summed E-state index contributed by atoms with van der Waals surface area (Å²) >= 11 is 0. The van der Waals surface area contributed by atoms with Crippen molar-refractivity contribution in [3.63, 3.8) is 0 Å². The predicted octanol–water partition coefficient (Wildman–Crippen LogP) is 4.75. The molecule has 3 fully saturated rings. The summed E-state index contributed by atoms with van der Waals surface area (Å²) < 4.78 is 0. The Labute approximate surface area is 129 Å². The number of hydrogen-bond donors (Lipinski definition) is 0. The fourth-order valence-corrected chi connectivity index (χ4v) is 5.56. The van der Waals surface area contributed by atoms with Crippen molar-refractivity contribution >= 4 is 0 Å². The van der Waals surface area contributed by atoms with E-state index in [4.69, 9.17) is 0 Å². The highest BCUT2D eigenvalue weighted by atomic mass is 15.3. The van der Waals surface area contributed by atoms with Crippen molar-refractivity contribution in [3.8, 4) is 0 Å². The van der Waals surface area contributed by atoms with E-state index in [1.165, 1.54) is 50.6 Å². The first-order chi connectivity index (χ1) is 10.3. The van der Waals surface area contributed by atoms with Crippen LogP contribution >= 0.6 is 0 Å². The molecule has 3 saturated heterocycles. The number of rotatable bonds is 4. The standard InChI is InChI=1S/C20H29N/c1-3-4-5-17-18(15-8-6-14(2)7-9-15)13-19-16-10-11-21(19)20(17)12-16/h6-9,16-20H,3-5,10-13H2,1-2H3/t16-,17-,18-,19?,20+/m0/s1. The molecule has 4 rings (SSSR count). The first kappa shape index (κ1) is 13.8. The molecule has 3 aliphatic heterocycles. The van der Waals surface area contributed by atoms with Crippen LogP contribution in [0.4, 0.5) is 0 Å². The molecule has 0 spiro atoms. The fourth-order valence-electron chi connectivity index (χ4n) is 5.56. The molecule has 4 bridgehead atoms. The van der Waals surface area contributed by atoms with Crippen LogP contribution in [0.2, 0.25) is 0 Å². The van der Waals surface area contributed by atoms with Crippen LogP contribution in [0, 0.1) is 18.8 Å². The second kappa shape index (κ2) is 5.43. The Morgan fingerprint density at radius 2 is 1.90 bits per heavy atom. The molecule has 0 radical (unpaired) electrons. The Bertz CT molecular complexity index is 491. The molecule has 6 atom stereocenters. The summed E-state index contributed by atoms with van der Waals surface area (Å²) in [6.45, 7) is 5.94. The SMILES string of the molecule is CCCC[C@@H]1[C@H]2C[C@@H]3CCN2C3C[C@H]1c1ccc(C)cc1. The van der Waals surface area contributed by atoms with Crippen molar-refractivity contribution < 1.29 is 0 Å². The summed E-state index contributed by atoms with van der Waals surface area (Å²) in [5, 5.41) is 0. The Kier molecular flexibility index (Phi) is 3.57. The van der Waals surface area contributed by atoms with Crippen LogP contribution in [0.15, 0.2) is 24.3 Å². The summed E-state index contributed by atoms with van der Waals surface area (Å²) in [5.41, 5.74) is 3.02. The highest BCUT2D eigenvalue weighted by Gasteiger charge is 2.54. The fraction of sp³-hybridized carbons (Fsp3) is 0.700. The van der Waals surface area contributed by atoms with Crippen LogP contribution in [-0.4, -0.2) is 23.5 Å². The highest BCUT2D eigenvalue weighted by molar-refractivity contribution is 5.28. The summed E-state index contributed by atoms with van der Waals surface area (Å²) in [4.78, 5) is 2.90. The molecular weight excluding hydrogens is 254 g/mol. The molecule has 3 aliphatic rings. The molecule has 114 valence electrons. The zero-order valence-electron chi connectivity index (χ0n) is 13.6. The van der Waals surface area contributed by atoms with Gasteiger partial charge in [0.05, 0.1) is 0 Å². The van der Waals surface area contributed by atoms with Gasteiger partial charge in [0.2, 0.25) is 0 Å². The largest absolute Gasteiger partial charge is 0.297 e. The van der Waals surface area contributed by atoms with Crippen LogP contribution in [0.25, 0.3) is 0 Å². The third-order valence-electron chi connectivity index (χ3n) is 6.60. The minimum absolute atomic E-state index is 0.825. The van der Waals surface area contributed by atoms with E-state index in [-0.39, 0.29) is 0 Å². The van der Waals surface area contributed by atoms with E-state index in [2.05, 4.69) is 43.0 Å². The molecule has 0 saturated carbocycles. The number of aryl methyl sites for hydroxylation is 1. The second-order valence-electron chi connectivity index (χ2n) is 7.72. The Morgan fingerprint density at radius 3 is 2.67 bits per heavy atom. The van der Waals surface area contributed by atoms with Gasteiger partial charge in [-0.15, -0.1) is 0 Å². The molecule has 1 heteroatoms. The molecule has 0 aliphatic carbocycles. The minimum Gasteiger partial charge on any atom is -0.297 e. The van der Waals surface area contributed by atoms with Gasteiger partial charge >= 0.3 is 0 Å². The average Bonchev–Trinajstić information content (AvgIpc) is 3.01. The maximum absolute atomic E-state index is 2.90. The number of hydrogen-bond acceptors (Lipinski definition) is 1. The van der Waals surface area contributed by atoms with Gasteiger partial charge in [0.15, 0.2) is 0 Å². The van der Waals surface area contributed by atoms with E-state index in [9.17, 15) is 0 Å². The lowest BCUT2D eigenvalue weighted by atomic mass is 9.74. The molecule has 0 aromatic heterocycles.